The quantitative estimate of drug-likeness (QED) is 0.113. The summed E-state index contributed by atoms with van der Waals surface area (Å²) in [6, 6.07) is 0.624. The van der Waals surface area contributed by atoms with Gasteiger partial charge >= 0.3 is 23.9 Å². The van der Waals surface area contributed by atoms with Crippen LogP contribution in [0.2, 0.25) is 0 Å². The molecule has 0 spiro atoms. The molecule has 1 aromatic carbocycles. The number of nitrogens with zero attached hydrogens (tertiary/aromatic N) is 4. The average molecular weight is 650 g/mol. The van der Waals surface area contributed by atoms with Gasteiger partial charge in [-0.2, -0.15) is 0 Å². The largest absolute Gasteiger partial charge is 0.481 e. The molecule has 252 valence electrons. The van der Waals surface area contributed by atoms with E-state index in [1.807, 2.05) is 13.8 Å². The van der Waals surface area contributed by atoms with Crippen molar-refractivity contribution in [1.29, 1.82) is 0 Å². The molecule has 16 nitrogen and oxygen atoms in total. The van der Waals surface area contributed by atoms with E-state index in [-0.39, 0.29) is 49.3 Å². The molecule has 1 aromatic heterocycles. The molecule has 0 bridgehead atoms. The van der Waals surface area contributed by atoms with E-state index in [0.29, 0.717) is 37.3 Å². The Morgan fingerprint density at radius 2 is 1.52 bits per heavy atom. The van der Waals surface area contributed by atoms with Crippen molar-refractivity contribution in [1.82, 2.24) is 35.8 Å². The van der Waals surface area contributed by atoms with Gasteiger partial charge in [-0.25, -0.2) is 19.1 Å². The minimum atomic E-state index is -1.52. The second-order valence-electron chi connectivity index (χ2n) is 10.3. The average Bonchev–Trinajstić information content (AvgIpc) is 3.50. The summed E-state index contributed by atoms with van der Waals surface area (Å²) in [6.45, 7) is 4.21. The summed E-state index contributed by atoms with van der Waals surface area (Å²) in [7, 11) is 0. The van der Waals surface area contributed by atoms with Crippen LogP contribution in [0, 0.1) is 0 Å². The lowest BCUT2D eigenvalue weighted by Crippen LogP contribution is -2.51. The van der Waals surface area contributed by atoms with Crippen molar-refractivity contribution in [2.45, 2.75) is 70.9 Å². The van der Waals surface area contributed by atoms with E-state index in [1.165, 1.54) is 16.8 Å². The number of hydrogen-bond donors (Lipinski definition) is 6. The van der Waals surface area contributed by atoms with Gasteiger partial charge in [-0.3, -0.25) is 18.8 Å². The molecule has 2 atom stereocenters. The van der Waals surface area contributed by atoms with E-state index >= 15 is 0 Å². The fourth-order valence-corrected chi connectivity index (χ4v) is 4.40. The van der Waals surface area contributed by atoms with Crippen LogP contribution in [0.25, 0.3) is 5.69 Å². The Kier molecular flexibility index (Phi) is 15.0. The third kappa shape index (κ3) is 11.8. The smallest absolute Gasteiger partial charge is 0.326 e. The third-order valence-corrected chi connectivity index (χ3v) is 6.91. The van der Waals surface area contributed by atoms with Crippen LogP contribution < -0.4 is 16.0 Å². The Labute approximate surface area is 264 Å². The molecule has 2 rings (SSSR count). The molecule has 6 N–H and O–H groups in total. The van der Waals surface area contributed by atoms with Gasteiger partial charge in [0.1, 0.15) is 12.1 Å². The van der Waals surface area contributed by atoms with Crippen molar-refractivity contribution in [2.75, 3.05) is 26.3 Å². The monoisotopic (exact) mass is 649 g/mol. The number of carboxylic acid groups (broad SMARTS) is 3. The molecule has 0 saturated heterocycles. The molecule has 2 unspecified atom stereocenters. The number of unbranched alkanes of at least 4 members (excludes halogenated alkanes) is 1. The highest BCUT2D eigenvalue weighted by Gasteiger charge is 2.25. The third-order valence-electron chi connectivity index (χ3n) is 6.91. The molecule has 1 heterocycles. The van der Waals surface area contributed by atoms with Gasteiger partial charge in [0.25, 0.3) is 11.8 Å². The minimum absolute atomic E-state index is 0.0411. The highest BCUT2D eigenvalue weighted by Crippen LogP contribution is 2.17. The van der Waals surface area contributed by atoms with Crippen LogP contribution in [0.4, 0.5) is 9.18 Å². The van der Waals surface area contributed by atoms with Gasteiger partial charge in [-0.05, 0) is 70.6 Å². The van der Waals surface area contributed by atoms with Crippen molar-refractivity contribution in [2.24, 2.45) is 0 Å². The van der Waals surface area contributed by atoms with Gasteiger partial charge in [0, 0.05) is 37.2 Å². The first-order chi connectivity index (χ1) is 21.9. The van der Waals surface area contributed by atoms with E-state index < -0.39 is 55.0 Å². The highest BCUT2D eigenvalue weighted by molar-refractivity contribution is 6.00. The van der Waals surface area contributed by atoms with Gasteiger partial charge in [0.05, 0.1) is 24.3 Å². The SMILES string of the molecule is CCN(CC)C(=O)c1cc(C(=O)NCCCCC(NC(=O)NC(CCC(=O)O)C(=O)O)C(=O)O)cc(-n2cc(CCCF)nn2)c1. The lowest BCUT2D eigenvalue weighted by molar-refractivity contribution is -0.140. The van der Waals surface area contributed by atoms with E-state index in [0.717, 1.165) is 0 Å². The Bertz CT molecular complexity index is 1380. The summed E-state index contributed by atoms with van der Waals surface area (Å²) in [5.74, 6) is -4.86. The number of nitrogens with one attached hydrogen (secondary N) is 3. The maximum Gasteiger partial charge on any atom is 0.326 e. The summed E-state index contributed by atoms with van der Waals surface area (Å²) in [5, 5.41) is 42.4. The van der Waals surface area contributed by atoms with Crippen LogP contribution >= 0.6 is 0 Å². The number of hydrogen-bond acceptors (Lipinski definition) is 8. The van der Waals surface area contributed by atoms with Gasteiger partial charge in [0.15, 0.2) is 0 Å². The Balaban J connectivity index is 2.04. The lowest BCUT2D eigenvalue weighted by Gasteiger charge is -2.19. The number of carbonyl (C=O) groups is 6. The maximum absolute atomic E-state index is 13.1. The molecule has 0 aliphatic carbocycles. The molecule has 0 saturated carbocycles. The number of amides is 4. The Morgan fingerprint density at radius 1 is 0.891 bits per heavy atom. The first-order valence-corrected chi connectivity index (χ1v) is 14.8. The molecular weight excluding hydrogens is 609 g/mol. The van der Waals surface area contributed by atoms with Crippen LogP contribution in [0.3, 0.4) is 0 Å². The fourth-order valence-electron chi connectivity index (χ4n) is 4.40. The number of aryl methyl sites for hydroxylation is 1. The first kappa shape index (κ1) is 37.1. The molecule has 0 radical (unpaired) electrons. The van der Waals surface area contributed by atoms with Crippen molar-refractivity contribution >= 4 is 35.8 Å². The van der Waals surface area contributed by atoms with Gasteiger partial charge in [-0.15, -0.1) is 5.10 Å². The number of urea groups is 1. The molecular formula is C29H40FN7O9. The molecule has 17 heteroatoms. The number of aliphatic carboxylic acids is 3. The topological polar surface area (TPSA) is 233 Å². The molecule has 2 aromatic rings. The van der Waals surface area contributed by atoms with Crippen molar-refractivity contribution in [3.8, 4) is 5.69 Å². The molecule has 0 aliphatic heterocycles. The summed E-state index contributed by atoms with van der Waals surface area (Å²) >= 11 is 0. The van der Waals surface area contributed by atoms with Crippen LogP contribution in [-0.2, 0) is 20.8 Å². The summed E-state index contributed by atoms with van der Waals surface area (Å²) in [5.41, 5.74) is 1.39. The second-order valence-corrected chi connectivity index (χ2v) is 10.3. The number of carbonyl (C=O) groups excluding carboxylic acids is 3. The zero-order valence-corrected chi connectivity index (χ0v) is 25.7. The van der Waals surface area contributed by atoms with Crippen LogP contribution in [0.5, 0.6) is 0 Å². The number of benzene rings is 1. The standard InChI is InChI=1S/C29H40FN7O9/c1-3-36(4-2)26(41)19-14-18(15-21(16-19)37-17-20(34-35-37)8-7-12-30)25(40)31-13-6-5-9-22(27(42)43)32-29(46)33-23(28(44)45)10-11-24(38)39/h14-17,22-23H,3-13H2,1-2H3,(H,31,40)(H,38,39)(H,42,43)(H,44,45)(H2,32,33,46). The van der Waals surface area contributed by atoms with Gasteiger partial charge < -0.3 is 36.2 Å². The summed E-state index contributed by atoms with van der Waals surface area (Å²) in [6.07, 6.45) is 1.90. The van der Waals surface area contributed by atoms with E-state index in [2.05, 4.69) is 26.3 Å². The highest BCUT2D eigenvalue weighted by atomic mass is 19.1. The van der Waals surface area contributed by atoms with Crippen LogP contribution in [-0.4, -0.2) is 109 Å². The van der Waals surface area contributed by atoms with E-state index in [1.54, 1.807) is 17.2 Å². The van der Waals surface area contributed by atoms with Crippen molar-refractivity contribution < 1.29 is 48.5 Å². The van der Waals surface area contributed by atoms with Crippen LogP contribution in [0.15, 0.2) is 24.4 Å². The van der Waals surface area contributed by atoms with E-state index in [9.17, 15) is 43.4 Å². The molecule has 0 fully saturated rings. The lowest BCUT2D eigenvalue weighted by atomic mass is 10.1. The number of halogens is 1. The number of rotatable bonds is 20. The summed E-state index contributed by atoms with van der Waals surface area (Å²) < 4.78 is 14.0. The molecule has 4 amide bonds. The fraction of sp³-hybridized carbons (Fsp3) is 0.517. The molecule has 0 aliphatic rings. The molecule has 46 heavy (non-hydrogen) atoms. The number of alkyl halides is 1. The number of aromatic nitrogens is 3. The van der Waals surface area contributed by atoms with E-state index in [4.69, 9.17) is 5.11 Å². The van der Waals surface area contributed by atoms with Crippen LogP contribution in [0.1, 0.15) is 78.8 Å². The predicted molar refractivity (Wildman–Crippen MR) is 160 cm³/mol. The normalized spacial score (nSPS) is 12.1. The van der Waals surface area contributed by atoms with Gasteiger partial charge in [-0.1, -0.05) is 5.21 Å². The maximum atomic E-state index is 13.1. The first-order valence-electron chi connectivity index (χ1n) is 14.8. The number of carboxylic acids is 3. The zero-order chi connectivity index (χ0) is 34.2. The van der Waals surface area contributed by atoms with Crippen molar-refractivity contribution in [3.05, 3.63) is 41.2 Å². The van der Waals surface area contributed by atoms with Crippen molar-refractivity contribution in [3.63, 3.8) is 0 Å². The predicted octanol–water partition coefficient (Wildman–Crippen LogP) is 1.62. The zero-order valence-electron chi connectivity index (χ0n) is 25.7. The summed E-state index contributed by atoms with van der Waals surface area (Å²) in [4.78, 5) is 73.6. The second kappa shape index (κ2) is 18.7. The Morgan fingerprint density at radius 3 is 2.11 bits per heavy atom. The Hall–Kier alpha value is -5.09. The van der Waals surface area contributed by atoms with Gasteiger partial charge in [0.2, 0.25) is 0 Å². The minimum Gasteiger partial charge on any atom is -0.481 e.